The molecule has 0 spiro atoms. The van der Waals surface area contributed by atoms with Gasteiger partial charge in [-0.2, -0.15) is 0 Å². The SMILES string of the molecule is CCOCCCNCCSc1nccc(C)n1. The number of nitrogens with zero attached hydrogens (tertiary/aromatic N) is 2. The van der Waals surface area contributed by atoms with Crippen molar-refractivity contribution in [2.24, 2.45) is 0 Å². The second-order valence-corrected chi connectivity index (χ2v) is 4.69. The van der Waals surface area contributed by atoms with E-state index in [1.807, 2.05) is 19.9 Å². The molecule has 0 aromatic carbocycles. The van der Waals surface area contributed by atoms with Crippen molar-refractivity contribution in [3.8, 4) is 0 Å². The van der Waals surface area contributed by atoms with Gasteiger partial charge >= 0.3 is 0 Å². The summed E-state index contributed by atoms with van der Waals surface area (Å²) >= 11 is 1.69. The molecule has 1 heterocycles. The highest BCUT2D eigenvalue weighted by Crippen LogP contribution is 2.10. The largest absolute Gasteiger partial charge is 0.382 e. The molecular formula is C12H21N3OS. The molecule has 0 bridgehead atoms. The van der Waals surface area contributed by atoms with Crippen LogP contribution in [0.5, 0.6) is 0 Å². The molecule has 0 aliphatic heterocycles. The van der Waals surface area contributed by atoms with Gasteiger partial charge in [0.2, 0.25) is 0 Å². The Morgan fingerprint density at radius 2 is 2.29 bits per heavy atom. The van der Waals surface area contributed by atoms with Crippen molar-refractivity contribution in [1.82, 2.24) is 15.3 Å². The topological polar surface area (TPSA) is 47.0 Å². The van der Waals surface area contributed by atoms with Crippen molar-refractivity contribution in [3.63, 3.8) is 0 Å². The van der Waals surface area contributed by atoms with E-state index in [2.05, 4.69) is 15.3 Å². The molecule has 0 fully saturated rings. The number of thioether (sulfide) groups is 1. The summed E-state index contributed by atoms with van der Waals surface area (Å²) in [6.07, 6.45) is 2.87. The van der Waals surface area contributed by atoms with Gasteiger partial charge in [-0.3, -0.25) is 0 Å². The van der Waals surface area contributed by atoms with Crippen LogP contribution in [-0.2, 0) is 4.74 Å². The van der Waals surface area contributed by atoms with Gasteiger partial charge in [0, 0.05) is 37.4 Å². The molecule has 0 radical (unpaired) electrons. The molecular weight excluding hydrogens is 234 g/mol. The minimum absolute atomic E-state index is 0.806. The number of hydrogen-bond acceptors (Lipinski definition) is 5. The monoisotopic (exact) mass is 255 g/mol. The van der Waals surface area contributed by atoms with E-state index < -0.39 is 0 Å². The first-order valence-corrected chi connectivity index (χ1v) is 7.02. The molecule has 17 heavy (non-hydrogen) atoms. The van der Waals surface area contributed by atoms with Crippen molar-refractivity contribution in [2.45, 2.75) is 25.4 Å². The van der Waals surface area contributed by atoms with Gasteiger partial charge in [0.15, 0.2) is 5.16 Å². The predicted octanol–water partition coefficient (Wildman–Crippen LogP) is 1.89. The summed E-state index contributed by atoms with van der Waals surface area (Å²) in [5, 5.41) is 4.23. The molecule has 0 aliphatic rings. The molecule has 0 aliphatic carbocycles. The molecule has 0 saturated heterocycles. The number of aromatic nitrogens is 2. The van der Waals surface area contributed by atoms with Gasteiger partial charge in [0.25, 0.3) is 0 Å². The average Bonchev–Trinajstić information content (AvgIpc) is 2.33. The molecule has 0 unspecified atom stereocenters. The lowest BCUT2D eigenvalue weighted by Gasteiger charge is -2.04. The van der Waals surface area contributed by atoms with Crippen LogP contribution in [0.1, 0.15) is 19.0 Å². The van der Waals surface area contributed by atoms with Crippen LogP contribution in [0.4, 0.5) is 0 Å². The van der Waals surface area contributed by atoms with Crippen molar-refractivity contribution < 1.29 is 4.74 Å². The molecule has 0 saturated carbocycles. The Balaban J connectivity index is 1.97. The van der Waals surface area contributed by atoms with Crippen LogP contribution < -0.4 is 5.32 Å². The van der Waals surface area contributed by atoms with Crippen LogP contribution in [0.3, 0.4) is 0 Å². The first kappa shape index (κ1) is 14.4. The molecule has 0 amide bonds. The van der Waals surface area contributed by atoms with Gasteiger partial charge in [0.05, 0.1) is 0 Å². The Kier molecular flexibility index (Phi) is 7.96. The minimum atomic E-state index is 0.806. The molecule has 1 N–H and O–H groups in total. The molecule has 1 aromatic rings. The van der Waals surface area contributed by atoms with Crippen LogP contribution in [0, 0.1) is 6.92 Å². The smallest absolute Gasteiger partial charge is 0.187 e. The Morgan fingerprint density at radius 1 is 1.41 bits per heavy atom. The normalized spacial score (nSPS) is 10.7. The lowest BCUT2D eigenvalue weighted by atomic mass is 10.4. The summed E-state index contributed by atoms with van der Waals surface area (Å²) in [6.45, 7) is 7.64. The third-order valence-corrected chi connectivity index (χ3v) is 2.99. The first-order valence-electron chi connectivity index (χ1n) is 6.04. The van der Waals surface area contributed by atoms with E-state index in [0.29, 0.717) is 0 Å². The van der Waals surface area contributed by atoms with E-state index in [-0.39, 0.29) is 0 Å². The molecule has 1 rings (SSSR count). The zero-order valence-corrected chi connectivity index (χ0v) is 11.4. The van der Waals surface area contributed by atoms with E-state index in [1.54, 1.807) is 18.0 Å². The third kappa shape index (κ3) is 7.31. The molecule has 0 atom stereocenters. The second-order valence-electron chi connectivity index (χ2n) is 3.63. The number of ether oxygens (including phenoxy) is 1. The van der Waals surface area contributed by atoms with Gasteiger partial charge in [-0.25, -0.2) is 9.97 Å². The Bertz CT molecular complexity index is 310. The Labute approximate surface area is 108 Å². The molecule has 96 valence electrons. The van der Waals surface area contributed by atoms with Gasteiger partial charge < -0.3 is 10.1 Å². The summed E-state index contributed by atoms with van der Waals surface area (Å²) in [4.78, 5) is 8.54. The van der Waals surface area contributed by atoms with Crippen molar-refractivity contribution in [1.29, 1.82) is 0 Å². The fourth-order valence-corrected chi connectivity index (χ4v) is 2.05. The number of aryl methyl sites for hydroxylation is 1. The quantitative estimate of drug-likeness (QED) is 0.415. The maximum absolute atomic E-state index is 5.26. The van der Waals surface area contributed by atoms with E-state index in [1.165, 1.54) is 0 Å². The van der Waals surface area contributed by atoms with Gasteiger partial charge in [-0.15, -0.1) is 0 Å². The second kappa shape index (κ2) is 9.39. The molecule has 5 heteroatoms. The van der Waals surface area contributed by atoms with Crippen LogP contribution in [-0.4, -0.2) is 42.0 Å². The summed E-state index contributed by atoms with van der Waals surface area (Å²) in [5.74, 6) is 0.998. The minimum Gasteiger partial charge on any atom is -0.382 e. The number of nitrogens with one attached hydrogen (secondary N) is 1. The summed E-state index contributed by atoms with van der Waals surface area (Å²) in [6, 6.07) is 1.91. The summed E-state index contributed by atoms with van der Waals surface area (Å²) < 4.78 is 5.26. The van der Waals surface area contributed by atoms with E-state index in [0.717, 1.165) is 49.3 Å². The summed E-state index contributed by atoms with van der Waals surface area (Å²) in [5.41, 5.74) is 1.02. The lowest BCUT2D eigenvalue weighted by molar-refractivity contribution is 0.145. The average molecular weight is 255 g/mol. The van der Waals surface area contributed by atoms with Crippen molar-refractivity contribution >= 4 is 11.8 Å². The predicted molar refractivity (Wildman–Crippen MR) is 71.5 cm³/mol. The number of hydrogen-bond donors (Lipinski definition) is 1. The van der Waals surface area contributed by atoms with Crippen LogP contribution in [0.2, 0.25) is 0 Å². The molecule has 4 nitrogen and oxygen atoms in total. The fourth-order valence-electron chi connectivity index (χ4n) is 1.28. The third-order valence-electron chi connectivity index (χ3n) is 2.13. The summed E-state index contributed by atoms with van der Waals surface area (Å²) in [7, 11) is 0. The zero-order chi connectivity index (χ0) is 12.3. The fraction of sp³-hybridized carbons (Fsp3) is 0.667. The van der Waals surface area contributed by atoms with E-state index >= 15 is 0 Å². The van der Waals surface area contributed by atoms with Crippen molar-refractivity contribution in [2.75, 3.05) is 32.1 Å². The Morgan fingerprint density at radius 3 is 3.06 bits per heavy atom. The van der Waals surface area contributed by atoms with Gasteiger partial charge in [0.1, 0.15) is 0 Å². The van der Waals surface area contributed by atoms with E-state index in [9.17, 15) is 0 Å². The highest BCUT2D eigenvalue weighted by Gasteiger charge is 1.97. The van der Waals surface area contributed by atoms with Crippen molar-refractivity contribution in [3.05, 3.63) is 18.0 Å². The molecule has 1 aromatic heterocycles. The maximum atomic E-state index is 5.26. The number of rotatable bonds is 9. The lowest BCUT2D eigenvalue weighted by Crippen LogP contribution is -2.19. The van der Waals surface area contributed by atoms with Crippen LogP contribution in [0.25, 0.3) is 0 Å². The van der Waals surface area contributed by atoms with Crippen LogP contribution in [0.15, 0.2) is 17.4 Å². The van der Waals surface area contributed by atoms with Gasteiger partial charge in [-0.05, 0) is 32.9 Å². The maximum Gasteiger partial charge on any atom is 0.187 e. The highest BCUT2D eigenvalue weighted by molar-refractivity contribution is 7.99. The standard InChI is InChI=1S/C12H21N3OS/c1-3-16-9-4-6-13-8-10-17-12-14-7-5-11(2)15-12/h5,7,13H,3-4,6,8-10H2,1-2H3. The van der Waals surface area contributed by atoms with Gasteiger partial charge in [-0.1, -0.05) is 11.8 Å². The zero-order valence-electron chi connectivity index (χ0n) is 10.6. The van der Waals surface area contributed by atoms with E-state index in [4.69, 9.17) is 4.74 Å². The highest BCUT2D eigenvalue weighted by atomic mass is 32.2. The van der Waals surface area contributed by atoms with Crippen LogP contribution >= 0.6 is 11.8 Å². The Hall–Kier alpha value is -0.650. The first-order chi connectivity index (χ1) is 8.33.